The highest BCUT2D eigenvalue weighted by atomic mass is 35.5. The molecule has 3 nitrogen and oxygen atoms in total. The van der Waals surface area contributed by atoms with Crippen LogP contribution in [-0.2, 0) is 6.42 Å². The molecule has 0 fully saturated rings. The molecule has 0 bridgehead atoms. The van der Waals surface area contributed by atoms with Crippen LogP contribution >= 0.6 is 11.6 Å². The van der Waals surface area contributed by atoms with Crippen molar-refractivity contribution in [2.24, 2.45) is 0 Å². The lowest BCUT2D eigenvalue weighted by Crippen LogP contribution is -2.05. The van der Waals surface area contributed by atoms with Crippen LogP contribution in [0.3, 0.4) is 0 Å². The molecule has 0 unspecified atom stereocenters. The first-order valence-corrected chi connectivity index (χ1v) is 4.98. The number of nitrogens with zero attached hydrogens (tertiary/aromatic N) is 2. The van der Waals surface area contributed by atoms with Gasteiger partial charge in [0.25, 0.3) is 0 Å². The Labute approximate surface area is 91.7 Å². The van der Waals surface area contributed by atoms with Crippen molar-refractivity contribution in [1.29, 1.82) is 0 Å². The van der Waals surface area contributed by atoms with Gasteiger partial charge in [0.05, 0.1) is 0 Å². The maximum absolute atomic E-state index is 5.75. The van der Waals surface area contributed by atoms with Gasteiger partial charge in [-0.3, -0.25) is 0 Å². The molecule has 4 heteroatoms. The molecular formula is C11H7ClN2O. The molecule has 0 aliphatic carbocycles. The predicted molar refractivity (Wildman–Crippen MR) is 56.4 cm³/mol. The summed E-state index contributed by atoms with van der Waals surface area (Å²) in [5.41, 5.74) is 1.96. The molecule has 74 valence electrons. The second kappa shape index (κ2) is 3.21. The number of fused-ring (bicyclic) bond motifs is 2. The zero-order chi connectivity index (χ0) is 10.3. The molecule has 2 heterocycles. The number of benzene rings is 1. The van der Waals surface area contributed by atoms with Crippen LogP contribution in [-0.4, -0.2) is 10.2 Å². The Hall–Kier alpha value is -1.61. The third-order valence-electron chi connectivity index (χ3n) is 2.35. The fourth-order valence-electron chi connectivity index (χ4n) is 1.64. The number of aromatic nitrogens is 2. The van der Waals surface area contributed by atoms with Crippen molar-refractivity contribution in [3.63, 3.8) is 0 Å². The van der Waals surface area contributed by atoms with E-state index in [4.69, 9.17) is 16.3 Å². The molecule has 1 aromatic carbocycles. The van der Waals surface area contributed by atoms with Crippen molar-refractivity contribution in [2.75, 3.05) is 0 Å². The van der Waals surface area contributed by atoms with Crippen LogP contribution in [0.1, 0.15) is 11.3 Å². The maximum Gasteiger partial charge on any atom is 0.155 e. The van der Waals surface area contributed by atoms with Crippen molar-refractivity contribution in [3.8, 4) is 11.5 Å². The number of halogens is 1. The zero-order valence-electron chi connectivity index (χ0n) is 7.77. The van der Waals surface area contributed by atoms with E-state index in [9.17, 15) is 0 Å². The molecule has 0 spiro atoms. The highest BCUT2D eigenvalue weighted by Gasteiger charge is 2.18. The van der Waals surface area contributed by atoms with E-state index < -0.39 is 0 Å². The van der Waals surface area contributed by atoms with Gasteiger partial charge >= 0.3 is 0 Å². The lowest BCUT2D eigenvalue weighted by molar-refractivity contribution is 0.452. The van der Waals surface area contributed by atoms with Crippen LogP contribution in [0.25, 0.3) is 0 Å². The number of para-hydroxylation sites is 1. The summed E-state index contributed by atoms with van der Waals surface area (Å²) in [6.45, 7) is 0. The molecule has 1 aliphatic heterocycles. The smallest absolute Gasteiger partial charge is 0.155 e. The molecule has 0 saturated heterocycles. The summed E-state index contributed by atoms with van der Waals surface area (Å²) in [5.74, 6) is 1.57. The van der Waals surface area contributed by atoms with Gasteiger partial charge in [0.15, 0.2) is 10.9 Å². The Kier molecular flexibility index (Phi) is 1.86. The molecule has 2 aromatic rings. The quantitative estimate of drug-likeness (QED) is 0.582. The zero-order valence-corrected chi connectivity index (χ0v) is 8.53. The standard InChI is InChI=1S/C11H7ClN2O/c12-11-6-10-8(13-14-11)5-7-3-1-2-4-9(7)15-10/h1-4,6H,5H2. The summed E-state index contributed by atoms with van der Waals surface area (Å²) in [6, 6.07) is 9.58. The molecule has 1 aliphatic rings. The molecule has 0 atom stereocenters. The van der Waals surface area contributed by atoms with E-state index in [0.717, 1.165) is 23.4 Å². The lowest BCUT2D eigenvalue weighted by atomic mass is 10.1. The summed E-state index contributed by atoms with van der Waals surface area (Å²) >= 11 is 5.75. The van der Waals surface area contributed by atoms with Gasteiger partial charge < -0.3 is 4.74 Å². The molecule has 0 N–H and O–H groups in total. The minimum atomic E-state index is 0.355. The maximum atomic E-state index is 5.75. The molecule has 0 amide bonds. The van der Waals surface area contributed by atoms with Crippen LogP contribution in [0.5, 0.6) is 11.5 Å². The molecule has 15 heavy (non-hydrogen) atoms. The number of rotatable bonds is 0. The van der Waals surface area contributed by atoms with Gasteiger partial charge in [-0.15, -0.1) is 10.2 Å². The SMILES string of the molecule is Clc1cc2c(nn1)Cc1ccccc1O2. The molecule has 1 aromatic heterocycles. The highest BCUT2D eigenvalue weighted by molar-refractivity contribution is 6.29. The van der Waals surface area contributed by atoms with Crippen LogP contribution < -0.4 is 4.74 Å². The van der Waals surface area contributed by atoms with E-state index >= 15 is 0 Å². The fourth-order valence-corrected chi connectivity index (χ4v) is 1.77. The van der Waals surface area contributed by atoms with Crippen LogP contribution in [0, 0.1) is 0 Å². The van der Waals surface area contributed by atoms with Gasteiger partial charge in [-0.1, -0.05) is 29.8 Å². The molecule has 3 rings (SSSR count). The first-order valence-electron chi connectivity index (χ1n) is 4.61. The molecule has 0 saturated carbocycles. The number of ether oxygens (including phenoxy) is 1. The van der Waals surface area contributed by atoms with Gasteiger partial charge in [0.2, 0.25) is 0 Å². The Balaban J connectivity index is 2.11. The lowest BCUT2D eigenvalue weighted by Gasteiger charge is -2.18. The van der Waals surface area contributed by atoms with Crippen molar-refractivity contribution in [2.45, 2.75) is 6.42 Å². The minimum absolute atomic E-state index is 0.355. The number of hydrogen-bond donors (Lipinski definition) is 0. The Morgan fingerprint density at radius 3 is 2.93 bits per heavy atom. The van der Waals surface area contributed by atoms with Crippen molar-refractivity contribution in [3.05, 3.63) is 46.7 Å². The first kappa shape index (κ1) is 8.68. The number of hydrogen-bond acceptors (Lipinski definition) is 3. The van der Waals surface area contributed by atoms with E-state index in [0.29, 0.717) is 10.9 Å². The van der Waals surface area contributed by atoms with Crippen molar-refractivity contribution >= 4 is 11.6 Å². The van der Waals surface area contributed by atoms with Gasteiger partial charge in [-0.2, -0.15) is 0 Å². The van der Waals surface area contributed by atoms with Crippen molar-refractivity contribution < 1.29 is 4.74 Å². The molecule has 0 radical (unpaired) electrons. The third kappa shape index (κ3) is 1.45. The second-order valence-electron chi connectivity index (χ2n) is 3.36. The first-order chi connectivity index (χ1) is 7.33. The van der Waals surface area contributed by atoms with Crippen LogP contribution in [0.15, 0.2) is 30.3 Å². The summed E-state index contributed by atoms with van der Waals surface area (Å²) in [5, 5.41) is 8.17. The normalized spacial score (nSPS) is 12.6. The minimum Gasteiger partial charge on any atom is -0.455 e. The second-order valence-corrected chi connectivity index (χ2v) is 3.75. The largest absolute Gasteiger partial charge is 0.455 e. The van der Waals surface area contributed by atoms with Gasteiger partial charge in [-0.25, -0.2) is 0 Å². The fraction of sp³-hybridized carbons (Fsp3) is 0.0909. The topological polar surface area (TPSA) is 35.0 Å². The Morgan fingerprint density at radius 2 is 2.00 bits per heavy atom. The van der Waals surface area contributed by atoms with Crippen LogP contribution in [0.4, 0.5) is 0 Å². The molecular weight excluding hydrogens is 212 g/mol. The van der Waals surface area contributed by atoms with Gasteiger partial charge in [0.1, 0.15) is 11.4 Å². The van der Waals surface area contributed by atoms with E-state index in [1.54, 1.807) is 6.07 Å². The average molecular weight is 219 g/mol. The van der Waals surface area contributed by atoms with Gasteiger partial charge in [0, 0.05) is 18.1 Å². The van der Waals surface area contributed by atoms with E-state index in [1.807, 2.05) is 24.3 Å². The Bertz CT molecular complexity index is 528. The summed E-state index contributed by atoms with van der Waals surface area (Å²) in [4.78, 5) is 0. The average Bonchev–Trinajstić information content (AvgIpc) is 2.26. The van der Waals surface area contributed by atoms with Crippen LogP contribution in [0.2, 0.25) is 5.15 Å². The predicted octanol–water partition coefficient (Wildman–Crippen LogP) is 2.83. The summed E-state index contributed by atoms with van der Waals surface area (Å²) in [7, 11) is 0. The summed E-state index contributed by atoms with van der Waals surface area (Å²) in [6.07, 6.45) is 0.746. The summed E-state index contributed by atoms with van der Waals surface area (Å²) < 4.78 is 5.67. The van der Waals surface area contributed by atoms with E-state index in [1.165, 1.54) is 0 Å². The Morgan fingerprint density at radius 1 is 1.13 bits per heavy atom. The van der Waals surface area contributed by atoms with E-state index in [-0.39, 0.29) is 0 Å². The van der Waals surface area contributed by atoms with E-state index in [2.05, 4.69) is 10.2 Å². The van der Waals surface area contributed by atoms with Gasteiger partial charge in [-0.05, 0) is 6.07 Å². The third-order valence-corrected chi connectivity index (χ3v) is 2.54. The van der Waals surface area contributed by atoms with Crippen molar-refractivity contribution in [1.82, 2.24) is 10.2 Å². The highest BCUT2D eigenvalue weighted by Crippen LogP contribution is 2.35. The monoisotopic (exact) mass is 218 g/mol.